The molecule has 4 heteroatoms. The maximum atomic E-state index is 6.65. The molecule has 1 aliphatic rings. The molecule has 0 radical (unpaired) electrons. The highest BCUT2D eigenvalue weighted by Crippen LogP contribution is 2.31. The molecule has 0 saturated carbocycles. The standard InChI is InChI=1S/C18H19N3S/c19-18(14-6-2-1-3-7-14)10-11-21(13-18)12-16-15-8-4-5-9-17(15)22-20-16/h1-9H,10-13,19H2. The van der Waals surface area contributed by atoms with Crippen molar-refractivity contribution in [1.29, 1.82) is 0 Å². The van der Waals surface area contributed by atoms with E-state index in [1.165, 1.54) is 21.3 Å². The summed E-state index contributed by atoms with van der Waals surface area (Å²) in [4.78, 5) is 2.43. The topological polar surface area (TPSA) is 42.1 Å². The van der Waals surface area contributed by atoms with E-state index in [2.05, 4.69) is 57.8 Å². The highest BCUT2D eigenvalue weighted by atomic mass is 32.1. The predicted molar refractivity (Wildman–Crippen MR) is 91.8 cm³/mol. The van der Waals surface area contributed by atoms with Crippen LogP contribution in [0.1, 0.15) is 17.7 Å². The molecule has 0 spiro atoms. The number of fused-ring (bicyclic) bond motifs is 1. The van der Waals surface area contributed by atoms with Crippen LogP contribution in [0.3, 0.4) is 0 Å². The van der Waals surface area contributed by atoms with Crippen LogP contribution < -0.4 is 5.73 Å². The van der Waals surface area contributed by atoms with Crippen LogP contribution in [0, 0.1) is 0 Å². The Balaban J connectivity index is 1.54. The number of rotatable bonds is 3. The third-order valence-corrected chi connectivity index (χ3v) is 5.42. The number of hydrogen-bond donors (Lipinski definition) is 1. The van der Waals surface area contributed by atoms with Gasteiger partial charge in [-0.25, -0.2) is 0 Å². The molecule has 1 aromatic heterocycles. The van der Waals surface area contributed by atoms with Crippen molar-refractivity contribution in [2.75, 3.05) is 13.1 Å². The molecule has 3 nitrogen and oxygen atoms in total. The van der Waals surface area contributed by atoms with E-state index < -0.39 is 0 Å². The fourth-order valence-electron chi connectivity index (χ4n) is 3.32. The van der Waals surface area contributed by atoms with Gasteiger partial charge in [0.05, 0.1) is 15.9 Å². The van der Waals surface area contributed by atoms with Crippen molar-refractivity contribution in [2.24, 2.45) is 5.73 Å². The lowest BCUT2D eigenvalue weighted by atomic mass is 9.90. The molecule has 0 aliphatic carbocycles. The van der Waals surface area contributed by atoms with Crippen molar-refractivity contribution in [1.82, 2.24) is 9.27 Å². The van der Waals surface area contributed by atoms with Crippen molar-refractivity contribution >= 4 is 21.6 Å². The van der Waals surface area contributed by atoms with Gasteiger partial charge in [0.2, 0.25) is 0 Å². The summed E-state index contributed by atoms with van der Waals surface area (Å²) >= 11 is 1.59. The third kappa shape index (κ3) is 2.43. The van der Waals surface area contributed by atoms with Crippen LogP contribution in [0.4, 0.5) is 0 Å². The average Bonchev–Trinajstić information content (AvgIpc) is 3.14. The highest BCUT2D eigenvalue weighted by Gasteiger charge is 2.36. The maximum absolute atomic E-state index is 6.65. The van der Waals surface area contributed by atoms with E-state index in [0.717, 1.165) is 26.1 Å². The van der Waals surface area contributed by atoms with Gasteiger partial charge in [0.15, 0.2) is 0 Å². The zero-order chi connectivity index (χ0) is 15.0. The zero-order valence-electron chi connectivity index (χ0n) is 12.4. The normalized spacial score (nSPS) is 22.4. The first-order chi connectivity index (χ1) is 10.7. The minimum Gasteiger partial charge on any atom is -0.320 e. The molecule has 0 amide bonds. The fraction of sp³-hybridized carbons (Fsp3) is 0.278. The summed E-state index contributed by atoms with van der Waals surface area (Å²) in [6.45, 7) is 2.80. The molecule has 4 rings (SSSR count). The number of hydrogen-bond acceptors (Lipinski definition) is 4. The van der Waals surface area contributed by atoms with Crippen LogP contribution >= 0.6 is 11.5 Å². The fourth-order valence-corrected chi connectivity index (χ4v) is 4.11. The Hall–Kier alpha value is -1.75. The Kier molecular flexibility index (Phi) is 3.45. The number of nitrogens with zero attached hydrogens (tertiary/aromatic N) is 2. The van der Waals surface area contributed by atoms with Crippen LogP contribution in [-0.2, 0) is 12.1 Å². The average molecular weight is 309 g/mol. The lowest BCUT2D eigenvalue weighted by molar-refractivity contribution is 0.303. The Morgan fingerprint density at radius 1 is 1.09 bits per heavy atom. The van der Waals surface area contributed by atoms with Crippen molar-refractivity contribution in [2.45, 2.75) is 18.5 Å². The van der Waals surface area contributed by atoms with Crippen molar-refractivity contribution in [3.05, 3.63) is 65.9 Å². The summed E-state index contributed by atoms with van der Waals surface area (Å²) < 4.78 is 5.90. The molecule has 1 saturated heterocycles. The summed E-state index contributed by atoms with van der Waals surface area (Å²) in [5.41, 5.74) is 8.84. The SMILES string of the molecule is NC1(c2ccccc2)CCN(Cc2nsc3ccccc23)C1. The van der Waals surface area contributed by atoms with Crippen LogP contribution in [0.5, 0.6) is 0 Å². The van der Waals surface area contributed by atoms with Crippen molar-refractivity contribution in [3.8, 4) is 0 Å². The first kappa shape index (κ1) is 13.9. The van der Waals surface area contributed by atoms with E-state index in [9.17, 15) is 0 Å². The lowest BCUT2D eigenvalue weighted by Gasteiger charge is -2.25. The largest absolute Gasteiger partial charge is 0.320 e. The van der Waals surface area contributed by atoms with E-state index in [0.29, 0.717) is 0 Å². The molecule has 2 heterocycles. The number of benzene rings is 2. The minimum atomic E-state index is -0.229. The Morgan fingerprint density at radius 3 is 2.73 bits per heavy atom. The van der Waals surface area contributed by atoms with Gasteiger partial charge in [-0.15, -0.1) is 0 Å². The summed E-state index contributed by atoms with van der Waals surface area (Å²) in [5, 5.41) is 1.28. The maximum Gasteiger partial charge on any atom is 0.0760 e. The third-order valence-electron chi connectivity index (χ3n) is 4.55. The molecular weight excluding hydrogens is 290 g/mol. The molecule has 1 atom stereocenters. The first-order valence-electron chi connectivity index (χ1n) is 7.65. The Labute approximate surface area is 134 Å². The van der Waals surface area contributed by atoms with E-state index in [4.69, 9.17) is 5.73 Å². The van der Waals surface area contributed by atoms with Gasteiger partial charge in [0.1, 0.15) is 0 Å². The van der Waals surface area contributed by atoms with Gasteiger partial charge in [0, 0.05) is 25.0 Å². The summed E-state index contributed by atoms with van der Waals surface area (Å²) in [6, 6.07) is 18.9. The molecule has 2 N–H and O–H groups in total. The Bertz CT molecular complexity index is 783. The zero-order valence-corrected chi connectivity index (χ0v) is 13.2. The van der Waals surface area contributed by atoms with Gasteiger partial charge in [-0.3, -0.25) is 4.90 Å². The molecule has 0 bridgehead atoms. The van der Waals surface area contributed by atoms with E-state index in [-0.39, 0.29) is 5.54 Å². The molecular formula is C18H19N3S. The molecule has 2 aromatic carbocycles. The molecule has 1 fully saturated rings. The van der Waals surface area contributed by atoms with Crippen molar-refractivity contribution < 1.29 is 0 Å². The summed E-state index contributed by atoms with van der Waals surface area (Å²) in [5.74, 6) is 0. The van der Waals surface area contributed by atoms with Crippen LogP contribution in [-0.4, -0.2) is 22.4 Å². The lowest BCUT2D eigenvalue weighted by Crippen LogP contribution is -2.39. The highest BCUT2D eigenvalue weighted by molar-refractivity contribution is 7.13. The number of aromatic nitrogens is 1. The molecule has 3 aromatic rings. The van der Waals surface area contributed by atoms with Gasteiger partial charge in [-0.05, 0) is 29.6 Å². The predicted octanol–water partition coefficient (Wildman–Crippen LogP) is 3.36. The van der Waals surface area contributed by atoms with E-state index in [1.807, 2.05) is 6.07 Å². The molecule has 1 unspecified atom stereocenters. The number of likely N-dealkylation sites (tertiary alicyclic amines) is 1. The van der Waals surface area contributed by atoms with Crippen LogP contribution in [0.15, 0.2) is 54.6 Å². The van der Waals surface area contributed by atoms with Gasteiger partial charge < -0.3 is 5.73 Å². The first-order valence-corrected chi connectivity index (χ1v) is 8.42. The molecule has 22 heavy (non-hydrogen) atoms. The monoisotopic (exact) mass is 309 g/mol. The molecule has 112 valence electrons. The van der Waals surface area contributed by atoms with Crippen LogP contribution in [0.2, 0.25) is 0 Å². The quantitative estimate of drug-likeness (QED) is 0.806. The second-order valence-electron chi connectivity index (χ2n) is 6.11. The van der Waals surface area contributed by atoms with E-state index in [1.54, 1.807) is 11.5 Å². The van der Waals surface area contributed by atoms with Crippen LogP contribution in [0.25, 0.3) is 10.1 Å². The van der Waals surface area contributed by atoms with E-state index >= 15 is 0 Å². The second-order valence-corrected chi connectivity index (χ2v) is 6.91. The summed E-state index contributed by atoms with van der Waals surface area (Å²) in [6.07, 6.45) is 0.999. The van der Waals surface area contributed by atoms with Crippen molar-refractivity contribution in [3.63, 3.8) is 0 Å². The summed E-state index contributed by atoms with van der Waals surface area (Å²) in [7, 11) is 0. The van der Waals surface area contributed by atoms with Gasteiger partial charge in [0.25, 0.3) is 0 Å². The number of nitrogens with two attached hydrogens (primary N) is 1. The molecule has 1 aliphatic heterocycles. The van der Waals surface area contributed by atoms with Gasteiger partial charge in [-0.1, -0.05) is 48.5 Å². The smallest absolute Gasteiger partial charge is 0.0760 e. The second kappa shape index (κ2) is 5.47. The Morgan fingerprint density at radius 2 is 1.86 bits per heavy atom. The minimum absolute atomic E-state index is 0.229. The van der Waals surface area contributed by atoms with Gasteiger partial charge in [-0.2, -0.15) is 4.37 Å². The van der Waals surface area contributed by atoms with Gasteiger partial charge >= 0.3 is 0 Å².